The van der Waals surface area contributed by atoms with Gasteiger partial charge >= 0.3 is 6.03 Å². The van der Waals surface area contributed by atoms with Gasteiger partial charge in [-0.3, -0.25) is 0 Å². The van der Waals surface area contributed by atoms with E-state index in [-0.39, 0.29) is 12.1 Å². The largest absolute Gasteiger partial charge is 0.393 e. The summed E-state index contributed by atoms with van der Waals surface area (Å²) in [5, 5.41) is 14.8. The zero-order chi connectivity index (χ0) is 13.5. The van der Waals surface area contributed by atoms with Crippen LogP contribution in [0.2, 0.25) is 0 Å². The van der Waals surface area contributed by atoms with Crippen LogP contribution in [0.25, 0.3) is 0 Å². The molecule has 2 amide bonds. The highest BCUT2D eigenvalue weighted by Crippen LogP contribution is 2.23. The molecule has 0 spiro atoms. The van der Waals surface area contributed by atoms with Gasteiger partial charge in [0.25, 0.3) is 0 Å². The number of anilines is 1. The summed E-state index contributed by atoms with van der Waals surface area (Å²) in [6.07, 6.45) is 0.919. The highest BCUT2D eigenvalue weighted by molar-refractivity contribution is 9.10. The van der Waals surface area contributed by atoms with E-state index in [0.717, 1.165) is 15.7 Å². The first-order chi connectivity index (χ1) is 8.52. The maximum absolute atomic E-state index is 11.6. The van der Waals surface area contributed by atoms with Crippen LogP contribution in [0.1, 0.15) is 25.3 Å². The van der Waals surface area contributed by atoms with Gasteiger partial charge in [-0.1, -0.05) is 13.0 Å². The van der Waals surface area contributed by atoms with Crippen molar-refractivity contribution in [2.45, 2.75) is 32.8 Å². The van der Waals surface area contributed by atoms with Crippen molar-refractivity contribution in [3.8, 4) is 0 Å². The molecule has 0 saturated heterocycles. The Morgan fingerprint density at radius 1 is 1.50 bits per heavy atom. The first-order valence-electron chi connectivity index (χ1n) is 6.02. The first kappa shape index (κ1) is 15.0. The second kappa shape index (κ2) is 7.38. The average molecular weight is 315 g/mol. The van der Waals surface area contributed by atoms with Gasteiger partial charge in [-0.15, -0.1) is 0 Å². The van der Waals surface area contributed by atoms with E-state index in [1.165, 1.54) is 0 Å². The highest BCUT2D eigenvalue weighted by atomic mass is 79.9. The number of aryl methyl sites for hydroxylation is 1. The van der Waals surface area contributed by atoms with Gasteiger partial charge in [0.05, 0.1) is 11.8 Å². The SMILES string of the molecule is CCC(O)CCNC(=O)Nc1ccc(C)cc1Br. The van der Waals surface area contributed by atoms with Gasteiger partial charge < -0.3 is 15.7 Å². The predicted octanol–water partition coefficient (Wildman–Crippen LogP) is 3.04. The van der Waals surface area contributed by atoms with E-state index in [4.69, 9.17) is 0 Å². The van der Waals surface area contributed by atoms with Gasteiger partial charge in [-0.2, -0.15) is 0 Å². The maximum atomic E-state index is 11.6. The predicted molar refractivity (Wildman–Crippen MR) is 76.8 cm³/mol. The number of aliphatic hydroxyl groups excluding tert-OH is 1. The first-order valence-corrected chi connectivity index (χ1v) is 6.81. The molecule has 100 valence electrons. The third kappa shape index (κ3) is 5.06. The summed E-state index contributed by atoms with van der Waals surface area (Å²) in [5.74, 6) is 0. The lowest BCUT2D eigenvalue weighted by atomic mass is 10.2. The molecule has 1 unspecified atom stereocenters. The lowest BCUT2D eigenvalue weighted by Crippen LogP contribution is -2.31. The van der Waals surface area contributed by atoms with Crippen molar-refractivity contribution < 1.29 is 9.90 Å². The number of hydrogen-bond acceptors (Lipinski definition) is 2. The quantitative estimate of drug-likeness (QED) is 0.782. The van der Waals surface area contributed by atoms with Crippen LogP contribution in [0.5, 0.6) is 0 Å². The molecule has 0 heterocycles. The fourth-order valence-electron chi connectivity index (χ4n) is 1.44. The summed E-state index contributed by atoms with van der Waals surface area (Å²) in [5.41, 5.74) is 1.85. The highest BCUT2D eigenvalue weighted by Gasteiger charge is 2.06. The molecular formula is C13H19BrN2O2. The summed E-state index contributed by atoms with van der Waals surface area (Å²) < 4.78 is 0.853. The molecule has 0 saturated carbocycles. The van der Waals surface area contributed by atoms with E-state index in [9.17, 15) is 9.90 Å². The molecule has 1 rings (SSSR count). The number of nitrogens with one attached hydrogen (secondary N) is 2. The van der Waals surface area contributed by atoms with Gasteiger partial charge in [0.2, 0.25) is 0 Å². The Hall–Kier alpha value is -1.07. The van der Waals surface area contributed by atoms with E-state index < -0.39 is 0 Å². The number of urea groups is 1. The third-order valence-corrected chi connectivity index (χ3v) is 3.26. The minimum atomic E-state index is -0.351. The second-order valence-corrected chi connectivity index (χ2v) is 5.07. The summed E-state index contributed by atoms with van der Waals surface area (Å²) in [6, 6.07) is 5.46. The average Bonchev–Trinajstić information content (AvgIpc) is 2.32. The molecular weight excluding hydrogens is 296 g/mol. The zero-order valence-electron chi connectivity index (χ0n) is 10.7. The summed E-state index contributed by atoms with van der Waals surface area (Å²) >= 11 is 3.40. The molecule has 1 aromatic rings. The number of halogens is 1. The van der Waals surface area contributed by atoms with E-state index >= 15 is 0 Å². The Balaban J connectivity index is 2.40. The Morgan fingerprint density at radius 2 is 2.22 bits per heavy atom. The number of rotatable bonds is 5. The number of aliphatic hydroxyl groups is 1. The van der Waals surface area contributed by atoms with Gasteiger partial charge in [0.15, 0.2) is 0 Å². The van der Waals surface area contributed by atoms with Gasteiger partial charge in [0, 0.05) is 11.0 Å². The molecule has 0 aliphatic heterocycles. The van der Waals surface area contributed by atoms with Crippen molar-refractivity contribution in [1.82, 2.24) is 5.32 Å². The Kier molecular flexibility index (Phi) is 6.15. The van der Waals surface area contributed by atoms with Gasteiger partial charge in [0.1, 0.15) is 0 Å². The maximum Gasteiger partial charge on any atom is 0.319 e. The number of benzene rings is 1. The fraction of sp³-hybridized carbons (Fsp3) is 0.462. The van der Waals surface area contributed by atoms with Gasteiger partial charge in [-0.25, -0.2) is 4.79 Å². The zero-order valence-corrected chi connectivity index (χ0v) is 12.3. The van der Waals surface area contributed by atoms with Crippen molar-refractivity contribution in [2.24, 2.45) is 0 Å². The monoisotopic (exact) mass is 314 g/mol. The molecule has 0 aromatic heterocycles. The van der Waals surface area contributed by atoms with Crippen LogP contribution in [-0.4, -0.2) is 23.8 Å². The molecule has 1 aromatic carbocycles. The Labute approximate surface area is 116 Å². The van der Waals surface area contributed by atoms with Crippen molar-refractivity contribution >= 4 is 27.6 Å². The van der Waals surface area contributed by atoms with Gasteiger partial charge in [-0.05, 0) is 53.4 Å². The van der Waals surface area contributed by atoms with E-state index in [2.05, 4.69) is 26.6 Å². The molecule has 0 fully saturated rings. The number of amides is 2. The van der Waals surface area contributed by atoms with Crippen molar-refractivity contribution in [3.63, 3.8) is 0 Å². The Morgan fingerprint density at radius 3 is 2.83 bits per heavy atom. The molecule has 5 heteroatoms. The Bertz CT molecular complexity index is 410. The molecule has 1 atom stereocenters. The molecule has 0 radical (unpaired) electrons. The van der Waals surface area contributed by atoms with E-state index in [1.54, 1.807) is 0 Å². The lowest BCUT2D eigenvalue weighted by Gasteiger charge is -2.11. The van der Waals surface area contributed by atoms with Crippen LogP contribution in [0.15, 0.2) is 22.7 Å². The minimum absolute atomic E-state index is 0.261. The smallest absolute Gasteiger partial charge is 0.319 e. The number of carbonyl (C=O) groups is 1. The normalized spacial score (nSPS) is 12.0. The van der Waals surface area contributed by atoms with E-state index in [1.807, 2.05) is 32.0 Å². The molecule has 18 heavy (non-hydrogen) atoms. The second-order valence-electron chi connectivity index (χ2n) is 4.21. The summed E-state index contributed by atoms with van der Waals surface area (Å²) in [6.45, 7) is 4.36. The van der Waals surface area contributed by atoms with Crippen molar-refractivity contribution in [2.75, 3.05) is 11.9 Å². The number of hydrogen-bond donors (Lipinski definition) is 3. The number of carbonyl (C=O) groups excluding carboxylic acids is 1. The summed E-state index contributed by atoms with van der Waals surface area (Å²) in [4.78, 5) is 11.6. The van der Waals surface area contributed by atoms with Crippen LogP contribution in [0, 0.1) is 6.92 Å². The van der Waals surface area contributed by atoms with Crippen LogP contribution < -0.4 is 10.6 Å². The molecule has 0 bridgehead atoms. The minimum Gasteiger partial charge on any atom is -0.393 e. The fourth-order valence-corrected chi connectivity index (χ4v) is 2.04. The molecule has 0 aliphatic rings. The standard InChI is InChI=1S/C13H19BrN2O2/c1-3-10(17)6-7-15-13(18)16-12-5-4-9(2)8-11(12)14/h4-5,8,10,17H,3,6-7H2,1-2H3,(H2,15,16,18). The van der Waals surface area contributed by atoms with Crippen LogP contribution in [0.4, 0.5) is 10.5 Å². The van der Waals surface area contributed by atoms with Crippen molar-refractivity contribution in [3.05, 3.63) is 28.2 Å². The van der Waals surface area contributed by atoms with Crippen LogP contribution >= 0.6 is 15.9 Å². The summed E-state index contributed by atoms with van der Waals surface area (Å²) in [7, 11) is 0. The van der Waals surface area contributed by atoms with E-state index in [0.29, 0.717) is 19.4 Å². The third-order valence-electron chi connectivity index (χ3n) is 2.61. The van der Waals surface area contributed by atoms with Crippen LogP contribution in [-0.2, 0) is 0 Å². The molecule has 3 N–H and O–H groups in total. The van der Waals surface area contributed by atoms with Crippen LogP contribution in [0.3, 0.4) is 0 Å². The molecule has 4 nitrogen and oxygen atoms in total. The molecule has 0 aliphatic carbocycles. The topological polar surface area (TPSA) is 61.4 Å². The lowest BCUT2D eigenvalue weighted by molar-refractivity contribution is 0.160. The van der Waals surface area contributed by atoms with Crippen molar-refractivity contribution in [1.29, 1.82) is 0 Å².